The molecule has 1 aromatic carbocycles. The third-order valence-electron chi connectivity index (χ3n) is 3.11. The number of carboxylic acids is 1. The fourth-order valence-corrected chi connectivity index (χ4v) is 2.35. The van der Waals surface area contributed by atoms with Gasteiger partial charge < -0.3 is 20.1 Å². The van der Waals surface area contributed by atoms with Crippen LogP contribution in [-0.2, 0) is 9.53 Å². The molecule has 1 aromatic rings. The number of benzene rings is 1. The Balaban J connectivity index is 2.14. The quantitative estimate of drug-likeness (QED) is 0.862. The molecule has 0 bridgehead atoms. The monoisotopic (exact) mass is 342 g/mol. The van der Waals surface area contributed by atoms with E-state index in [4.69, 9.17) is 9.84 Å². The second-order valence-corrected chi connectivity index (χ2v) is 5.28. The summed E-state index contributed by atoms with van der Waals surface area (Å²) in [6.45, 7) is 2.52. The lowest BCUT2D eigenvalue weighted by Crippen LogP contribution is -2.54. The van der Waals surface area contributed by atoms with Gasteiger partial charge in [-0.15, -0.1) is 0 Å². The summed E-state index contributed by atoms with van der Waals surface area (Å²) in [5, 5.41) is 11.8. The zero-order valence-corrected chi connectivity index (χ0v) is 12.5. The topological polar surface area (TPSA) is 78.9 Å². The smallest absolute Gasteiger partial charge is 0.328 e. The van der Waals surface area contributed by atoms with E-state index in [-0.39, 0.29) is 13.2 Å². The number of ether oxygens (including phenoxy) is 1. The predicted molar refractivity (Wildman–Crippen MR) is 76.8 cm³/mol. The van der Waals surface area contributed by atoms with Gasteiger partial charge in [0.15, 0.2) is 6.04 Å². The van der Waals surface area contributed by atoms with Crippen LogP contribution in [0.3, 0.4) is 0 Å². The van der Waals surface area contributed by atoms with Gasteiger partial charge in [-0.2, -0.15) is 0 Å². The Labute approximate surface area is 124 Å². The number of aryl methyl sites for hydroxylation is 1. The summed E-state index contributed by atoms with van der Waals surface area (Å²) in [5.41, 5.74) is 1.60. The maximum absolute atomic E-state index is 12.2. The molecule has 1 aliphatic rings. The zero-order valence-electron chi connectivity index (χ0n) is 10.9. The predicted octanol–water partition coefficient (Wildman–Crippen LogP) is 2.07. The van der Waals surface area contributed by atoms with Crippen LogP contribution in [-0.4, -0.2) is 47.8 Å². The molecule has 1 saturated heterocycles. The number of urea groups is 1. The molecule has 0 aromatic heterocycles. The van der Waals surface area contributed by atoms with Crippen LogP contribution in [0.5, 0.6) is 0 Å². The fourth-order valence-electron chi connectivity index (χ4n) is 1.98. The van der Waals surface area contributed by atoms with Crippen LogP contribution in [0.1, 0.15) is 5.56 Å². The number of nitrogens with one attached hydrogen (secondary N) is 1. The van der Waals surface area contributed by atoms with Gasteiger partial charge in [0.05, 0.1) is 18.9 Å². The largest absolute Gasteiger partial charge is 0.480 e. The molecule has 2 amide bonds. The first-order chi connectivity index (χ1) is 9.50. The standard InChI is InChI=1S/C13H15BrN2O4/c1-8-3-2-4-9(11(8)14)15-13(19)16-5-6-20-7-10(16)12(17)18/h2-4,10H,5-7H2,1H3,(H,15,19)(H,17,18). The van der Waals surface area contributed by atoms with E-state index < -0.39 is 18.0 Å². The van der Waals surface area contributed by atoms with Gasteiger partial charge in [-0.05, 0) is 34.5 Å². The van der Waals surface area contributed by atoms with Gasteiger partial charge in [0.25, 0.3) is 0 Å². The number of anilines is 1. The number of morpholine rings is 1. The Morgan fingerprint density at radius 1 is 1.50 bits per heavy atom. The van der Waals surface area contributed by atoms with Crippen LogP contribution in [0.4, 0.5) is 10.5 Å². The number of nitrogens with zero attached hydrogens (tertiary/aromatic N) is 1. The molecule has 0 aliphatic carbocycles. The molecule has 0 saturated carbocycles. The number of rotatable bonds is 2. The van der Waals surface area contributed by atoms with Crippen molar-refractivity contribution in [3.8, 4) is 0 Å². The van der Waals surface area contributed by atoms with Crippen molar-refractivity contribution in [2.45, 2.75) is 13.0 Å². The molecule has 1 heterocycles. The van der Waals surface area contributed by atoms with E-state index in [2.05, 4.69) is 21.2 Å². The molecule has 6 nitrogen and oxygen atoms in total. The number of amides is 2. The third-order valence-corrected chi connectivity index (χ3v) is 4.16. The van der Waals surface area contributed by atoms with Crippen LogP contribution in [0, 0.1) is 6.92 Å². The first kappa shape index (κ1) is 14.8. The second-order valence-electron chi connectivity index (χ2n) is 4.49. The number of halogens is 1. The lowest BCUT2D eigenvalue weighted by molar-refractivity contribution is -0.147. The average molecular weight is 343 g/mol. The minimum Gasteiger partial charge on any atom is -0.480 e. The van der Waals surface area contributed by atoms with Gasteiger partial charge in [0.1, 0.15) is 0 Å². The summed E-state index contributed by atoms with van der Waals surface area (Å²) in [6.07, 6.45) is 0. The molecular formula is C13H15BrN2O4. The van der Waals surface area contributed by atoms with Crippen LogP contribution in [0.25, 0.3) is 0 Å². The van der Waals surface area contributed by atoms with Gasteiger partial charge in [0, 0.05) is 11.0 Å². The lowest BCUT2D eigenvalue weighted by Gasteiger charge is -2.32. The van der Waals surface area contributed by atoms with Crippen LogP contribution in [0.15, 0.2) is 22.7 Å². The Bertz CT molecular complexity index is 535. The molecular weight excluding hydrogens is 328 g/mol. The molecule has 20 heavy (non-hydrogen) atoms. The van der Waals surface area contributed by atoms with Crippen LogP contribution >= 0.6 is 15.9 Å². The molecule has 2 rings (SSSR count). The summed E-state index contributed by atoms with van der Waals surface area (Å²) >= 11 is 3.40. The lowest BCUT2D eigenvalue weighted by atomic mass is 10.2. The minimum absolute atomic E-state index is 0.0116. The number of hydrogen-bond acceptors (Lipinski definition) is 3. The van der Waals surface area contributed by atoms with E-state index in [1.54, 1.807) is 6.07 Å². The molecule has 2 N–H and O–H groups in total. The second kappa shape index (κ2) is 6.23. The van der Waals surface area contributed by atoms with Crippen LogP contribution in [0.2, 0.25) is 0 Å². The van der Waals surface area contributed by atoms with E-state index in [9.17, 15) is 9.59 Å². The number of carbonyl (C=O) groups is 2. The Morgan fingerprint density at radius 2 is 2.25 bits per heavy atom. The summed E-state index contributed by atoms with van der Waals surface area (Å²) < 4.78 is 5.89. The molecule has 1 fully saturated rings. The van der Waals surface area contributed by atoms with Gasteiger partial charge in [-0.1, -0.05) is 12.1 Å². The molecule has 1 aliphatic heterocycles. The highest BCUT2D eigenvalue weighted by Gasteiger charge is 2.32. The van der Waals surface area contributed by atoms with Crippen molar-refractivity contribution in [2.75, 3.05) is 25.1 Å². The summed E-state index contributed by atoms with van der Waals surface area (Å²) in [5.74, 6) is -1.07. The Hall–Kier alpha value is -1.60. The van der Waals surface area contributed by atoms with Crippen LogP contribution < -0.4 is 5.32 Å². The van der Waals surface area contributed by atoms with Crippen molar-refractivity contribution < 1.29 is 19.4 Å². The molecule has 1 atom stereocenters. The summed E-state index contributed by atoms with van der Waals surface area (Å²) in [4.78, 5) is 24.6. The van der Waals surface area contributed by atoms with Crippen molar-refractivity contribution in [2.24, 2.45) is 0 Å². The van der Waals surface area contributed by atoms with Gasteiger partial charge in [0.2, 0.25) is 0 Å². The highest BCUT2D eigenvalue weighted by Crippen LogP contribution is 2.26. The maximum Gasteiger partial charge on any atom is 0.328 e. The van der Waals surface area contributed by atoms with E-state index in [0.29, 0.717) is 12.3 Å². The van der Waals surface area contributed by atoms with Crippen molar-refractivity contribution in [3.05, 3.63) is 28.2 Å². The van der Waals surface area contributed by atoms with Crippen molar-refractivity contribution in [1.29, 1.82) is 0 Å². The molecule has 108 valence electrons. The van der Waals surface area contributed by atoms with Gasteiger partial charge >= 0.3 is 12.0 Å². The number of carboxylic acid groups (broad SMARTS) is 1. The van der Waals surface area contributed by atoms with E-state index in [1.165, 1.54) is 4.90 Å². The molecule has 7 heteroatoms. The van der Waals surface area contributed by atoms with E-state index >= 15 is 0 Å². The van der Waals surface area contributed by atoms with E-state index in [1.807, 2.05) is 19.1 Å². The zero-order chi connectivity index (χ0) is 14.7. The molecule has 1 unspecified atom stereocenters. The minimum atomic E-state index is -1.07. The van der Waals surface area contributed by atoms with E-state index in [0.717, 1.165) is 10.0 Å². The number of aliphatic carboxylic acids is 1. The molecule has 0 radical (unpaired) electrons. The summed E-state index contributed by atoms with van der Waals surface area (Å²) in [7, 11) is 0. The fraction of sp³-hybridized carbons (Fsp3) is 0.385. The number of carbonyl (C=O) groups excluding carboxylic acids is 1. The summed E-state index contributed by atoms with van der Waals surface area (Å²) in [6, 6.07) is 4.10. The normalized spacial score (nSPS) is 18.7. The molecule has 0 spiro atoms. The third kappa shape index (κ3) is 3.10. The van der Waals surface area contributed by atoms with Gasteiger partial charge in [-0.25, -0.2) is 9.59 Å². The highest BCUT2D eigenvalue weighted by molar-refractivity contribution is 9.10. The average Bonchev–Trinajstić information content (AvgIpc) is 2.43. The maximum atomic E-state index is 12.2. The first-order valence-electron chi connectivity index (χ1n) is 6.14. The van der Waals surface area contributed by atoms with Crippen molar-refractivity contribution in [3.63, 3.8) is 0 Å². The van der Waals surface area contributed by atoms with Gasteiger partial charge in [-0.3, -0.25) is 0 Å². The number of hydrogen-bond donors (Lipinski definition) is 2. The Morgan fingerprint density at radius 3 is 2.95 bits per heavy atom. The van der Waals surface area contributed by atoms with Crippen molar-refractivity contribution in [1.82, 2.24) is 4.90 Å². The van der Waals surface area contributed by atoms with Crippen molar-refractivity contribution >= 4 is 33.6 Å². The first-order valence-corrected chi connectivity index (χ1v) is 6.93. The highest BCUT2D eigenvalue weighted by atomic mass is 79.9. The SMILES string of the molecule is Cc1cccc(NC(=O)N2CCOCC2C(=O)O)c1Br. The Kier molecular flexibility index (Phi) is 4.61.